The third-order valence-electron chi connectivity index (χ3n) is 3.63. The zero-order valence-corrected chi connectivity index (χ0v) is 20.9. The Morgan fingerprint density at radius 1 is 1.21 bits per heavy atom. The van der Waals surface area contributed by atoms with Crippen LogP contribution < -0.4 is 15.4 Å². The predicted molar refractivity (Wildman–Crippen MR) is 128 cm³/mol. The van der Waals surface area contributed by atoms with Crippen molar-refractivity contribution in [2.75, 3.05) is 27.2 Å². The molecule has 1 rings (SSSR count). The van der Waals surface area contributed by atoms with Crippen molar-refractivity contribution < 1.29 is 9.53 Å². The minimum absolute atomic E-state index is 0. The van der Waals surface area contributed by atoms with Gasteiger partial charge in [-0.2, -0.15) is 0 Å². The summed E-state index contributed by atoms with van der Waals surface area (Å²) in [7, 11) is 3.48. The summed E-state index contributed by atoms with van der Waals surface area (Å²) in [5.74, 6) is 1.95. The number of likely N-dealkylation sites (N-methyl/N-ethyl adjacent to an activating group) is 1. The Labute approximate surface area is 187 Å². The number of amides is 1. The van der Waals surface area contributed by atoms with E-state index in [4.69, 9.17) is 4.74 Å². The van der Waals surface area contributed by atoms with Gasteiger partial charge >= 0.3 is 0 Å². The van der Waals surface area contributed by atoms with Crippen LogP contribution in [0, 0.1) is 12.8 Å². The number of carbonyl (C=O) groups is 1. The molecule has 160 valence electrons. The van der Waals surface area contributed by atoms with Crippen molar-refractivity contribution in [3.63, 3.8) is 0 Å². The van der Waals surface area contributed by atoms with E-state index in [2.05, 4.69) is 35.5 Å². The van der Waals surface area contributed by atoms with E-state index >= 15 is 0 Å². The van der Waals surface area contributed by atoms with Gasteiger partial charge in [0, 0.05) is 26.2 Å². The molecule has 0 aliphatic carbocycles. The van der Waals surface area contributed by atoms with E-state index in [-0.39, 0.29) is 42.0 Å². The van der Waals surface area contributed by atoms with Gasteiger partial charge in [-0.25, -0.2) is 4.99 Å². The second-order valence-electron chi connectivity index (χ2n) is 8.41. The van der Waals surface area contributed by atoms with Gasteiger partial charge in [0.1, 0.15) is 11.4 Å². The molecule has 0 fully saturated rings. The van der Waals surface area contributed by atoms with Crippen LogP contribution in [0.2, 0.25) is 0 Å². The first kappa shape index (κ1) is 26.5. The smallest absolute Gasteiger partial charge is 0.241 e. The van der Waals surface area contributed by atoms with Crippen LogP contribution in [-0.4, -0.2) is 49.6 Å². The first-order valence-electron chi connectivity index (χ1n) is 9.49. The molecule has 7 heteroatoms. The van der Waals surface area contributed by atoms with Gasteiger partial charge in [-0.05, 0) is 45.2 Å². The molecule has 2 N–H and O–H groups in total. The molecule has 0 radical (unpaired) electrons. The summed E-state index contributed by atoms with van der Waals surface area (Å²) in [6, 6.07) is 6.15. The monoisotopic (exact) mass is 504 g/mol. The largest absolute Gasteiger partial charge is 0.488 e. The van der Waals surface area contributed by atoms with Gasteiger partial charge < -0.3 is 20.3 Å². The number of aryl methyl sites for hydroxylation is 1. The van der Waals surface area contributed by atoms with E-state index in [0.29, 0.717) is 18.4 Å². The Morgan fingerprint density at radius 3 is 2.39 bits per heavy atom. The highest BCUT2D eigenvalue weighted by Crippen LogP contribution is 2.25. The number of aliphatic imine (C=N–C) groups is 1. The maximum absolute atomic E-state index is 11.9. The lowest BCUT2D eigenvalue weighted by Gasteiger charge is -2.23. The number of ether oxygens (including phenoxy) is 1. The number of carbonyl (C=O) groups excluding carboxylic acids is 1. The van der Waals surface area contributed by atoms with Crippen LogP contribution in [-0.2, 0) is 11.3 Å². The molecule has 1 amide bonds. The summed E-state index contributed by atoms with van der Waals surface area (Å²) in [5.41, 5.74) is 1.89. The molecule has 6 nitrogen and oxygen atoms in total. The van der Waals surface area contributed by atoms with Crippen molar-refractivity contribution in [3.8, 4) is 5.75 Å². The summed E-state index contributed by atoms with van der Waals surface area (Å²) in [6.45, 7) is 13.9. The zero-order chi connectivity index (χ0) is 20.6. The highest BCUT2D eigenvalue weighted by atomic mass is 127. The second kappa shape index (κ2) is 12.1. The van der Waals surface area contributed by atoms with Crippen LogP contribution in [0.25, 0.3) is 0 Å². The van der Waals surface area contributed by atoms with Crippen molar-refractivity contribution in [1.82, 2.24) is 15.5 Å². The lowest BCUT2D eigenvalue weighted by Crippen LogP contribution is -2.44. The minimum Gasteiger partial charge on any atom is -0.488 e. The first-order valence-corrected chi connectivity index (χ1v) is 9.49. The molecule has 0 saturated carbocycles. The van der Waals surface area contributed by atoms with E-state index in [0.717, 1.165) is 23.4 Å². The molecule has 0 spiro atoms. The topological polar surface area (TPSA) is 66.0 Å². The molecule has 0 aliphatic heterocycles. The lowest BCUT2D eigenvalue weighted by atomic mass is 10.1. The van der Waals surface area contributed by atoms with E-state index in [1.807, 2.05) is 39.8 Å². The highest BCUT2D eigenvalue weighted by molar-refractivity contribution is 14.0. The fourth-order valence-electron chi connectivity index (χ4n) is 2.17. The number of halogens is 1. The van der Waals surface area contributed by atoms with Crippen LogP contribution >= 0.6 is 24.0 Å². The number of nitrogens with zero attached hydrogens (tertiary/aromatic N) is 2. The van der Waals surface area contributed by atoms with Gasteiger partial charge in [0.2, 0.25) is 5.91 Å². The number of rotatable bonds is 7. The van der Waals surface area contributed by atoms with Gasteiger partial charge in [0.15, 0.2) is 5.96 Å². The van der Waals surface area contributed by atoms with Crippen molar-refractivity contribution >= 4 is 35.8 Å². The summed E-state index contributed by atoms with van der Waals surface area (Å²) in [4.78, 5) is 18.1. The van der Waals surface area contributed by atoms with Crippen molar-refractivity contribution in [3.05, 3.63) is 29.3 Å². The van der Waals surface area contributed by atoms with E-state index in [1.54, 1.807) is 19.0 Å². The van der Waals surface area contributed by atoms with E-state index in [9.17, 15) is 4.79 Å². The van der Waals surface area contributed by atoms with Crippen molar-refractivity contribution in [2.24, 2.45) is 10.9 Å². The number of hydrogen-bond donors (Lipinski definition) is 2. The van der Waals surface area contributed by atoms with Crippen molar-refractivity contribution in [2.45, 2.75) is 53.7 Å². The third kappa shape index (κ3) is 10.7. The number of benzene rings is 1. The van der Waals surface area contributed by atoms with E-state index < -0.39 is 0 Å². The van der Waals surface area contributed by atoms with Crippen LogP contribution in [0.3, 0.4) is 0 Å². The molecule has 0 atom stereocenters. The van der Waals surface area contributed by atoms with Crippen molar-refractivity contribution in [1.29, 1.82) is 0 Å². The summed E-state index contributed by atoms with van der Waals surface area (Å²) in [6.07, 6.45) is 0. The Morgan fingerprint density at radius 2 is 1.86 bits per heavy atom. The normalized spacial score (nSPS) is 11.7. The zero-order valence-electron chi connectivity index (χ0n) is 18.5. The van der Waals surface area contributed by atoms with E-state index in [1.165, 1.54) is 0 Å². The molecular weight excluding hydrogens is 467 g/mol. The van der Waals surface area contributed by atoms with Crippen LogP contribution in [0.1, 0.15) is 45.7 Å². The van der Waals surface area contributed by atoms with Crippen LogP contribution in [0.5, 0.6) is 5.75 Å². The molecule has 0 heterocycles. The highest BCUT2D eigenvalue weighted by Gasteiger charge is 2.15. The number of nitrogens with one attached hydrogen (secondary N) is 2. The molecule has 0 saturated heterocycles. The molecule has 1 aromatic rings. The van der Waals surface area contributed by atoms with Gasteiger partial charge in [-0.1, -0.05) is 26.0 Å². The molecule has 28 heavy (non-hydrogen) atoms. The second-order valence-corrected chi connectivity index (χ2v) is 8.41. The maximum atomic E-state index is 11.9. The fourth-order valence-corrected chi connectivity index (χ4v) is 2.17. The molecule has 1 aromatic carbocycles. The average Bonchev–Trinajstić information content (AvgIpc) is 2.53. The Kier molecular flexibility index (Phi) is 11.5. The quantitative estimate of drug-likeness (QED) is 0.339. The molecule has 0 bridgehead atoms. The Balaban J connectivity index is 0.00000729. The summed E-state index contributed by atoms with van der Waals surface area (Å²) < 4.78 is 6.10. The number of hydrogen-bond acceptors (Lipinski definition) is 3. The average molecular weight is 504 g/mol. The fraction of sp³-hybridized carbons (Fsp3) is 0.619. The summed E-state index contributed by atoms with van der Waals surface area (Å²) >= 11 is 0. The van der Waals surface area contributed by atoms with Crippen LogP contribution in [0.4, 0.5) is 0 Å². The minimum atomic E-state index is -0.276. The maximum Gasteiger partial charge on any atom is 0.241 e. The van der Waals surface area contributed by atoms with Gasteiger partial charge in [-0.15, -0.1) is 24.0 Å². The van der Waals surface area contributed by atoms with Crippen LogP contribution in [0.15, 0.2) is 23.2 Å². The Hall–Kier alpha value is -1.51. The molecule has 0 unspecified atom stereocenters. The molecule has 0 aliphatic rings. The number of guanidine groups is 1. The van der Waals surface area contributed by atoms with Gasteiger partial charge in [0.25, 0.3) is 0 Å². The van der Waals surface area contributed by atoms with Gasteiger partial charge in [-0.3, -0.25) is 4.79 Å². The standard InChI is InChI=1S/C21H36N4O2.HI/c1-15(2)12-22-20(24-14-19(26)25(7)8)23-13-17-10-9-16(3)11-18(17)27-21(4,5)6;/h9-11,15H,12-14H2,1-8H3,(H2,22,23,24);1H. The molecule has 0 aromatic heterocycles. The SMILES string of the molecule is Cc1ccc(CN=C(NCC(=O)N(C)C)NCC(C)C)c(OC(C)(C)C)c1.I. The summed E-state index contributed by atoms with van der Waals surface area (Å²) in [5, 5.41) is 6.40. The molecular formula is C21H37IN4O2. The van der Waals surface area contributed by atoms with Gasteiger partial charge in [0.05, 0.1) is 13.1 Å². The third-order valence-corrected chi connectivity index (χ3v) is 3.63. The Bertz CT molecular complexity index is 652. The first-order chi connectivity index (χ1) is 12.5. The predicted octanol–water partition coefficient (Wildman–Crippen LogP) is 3.57. The lowest BCUT2D eigenvalue weighted by molar-refractivity contribution is -0.127.